The molecular formula is C31H40N6O8S. The van der Waals surface area contributed by atoms with Crippen LogP contribution in [0.3, 0.4) is 0 Å². The predicted octanol–water partition coefficient (Wildman–Crippen LogP) is -0.958. The number of aliphatic hydroxyl groups excluding tert-OH is 2. The molecule has 0 saturated heterocycles. The molecule has 46 heavy (non-hydrogen) atoms. The quantitative estimate of drug-likeness (QED) is 0.0813. The molecule has 3 aromatic rings. The zero-order valence-corrected chi connectivity index (χ0v) is 26.1. The number of hydrogen-bond donors (Lipinski definition) is 9. The third kappa shape index (κ3) is 10.3. The van der Waals surface area contributed by atoms with Crippen LogP contribution in [0.15, 0.2) is 60.8 Å². The number of hydrogen-bond acceptors (Lipinski definition) is 9. The summed E-state index contributed by atoms with van der Waals surface area (Å²) in [5, 5.41) is 39.0. The van der Waals surface area contributed by atoms with Crippen molar-refractivity contribution in [2.24, 2.45) is 5.73 Å². The van der Waals surface area contributed by atoms with Gasteiger partial charge in [0.1, 0.15) is 30.2 Å². The van der Waals surface area contributed by atoms with Crippen LogP contribution in [0.1, 0.15) is 17.5 Å². The van der Waals surface area contributed by atoms with Gasteiger partial charge in [0.2, 0.25) is 23.6 Å². The van der Waals surface area contributed by atoms with Gasteiger partial charge in [-0.1, -0.05) is 48.5 Å². The van der Waals surface area contributed by atoms with Crippen LogP contribution in [0.2, 0.25) is 0 Å². The summed E-state index contributed by atoms with van der Waals surface area (Å²) in [4.78, 5) is 67.8. The number of amides is 4. The molecule has 0 aliphatic rings. The van der Waals surface area contributed by atoms with E-state index < -0.39 is 73.0 Å². The maximum Gasteiger partial charge on any atom is 0.328 e. The Kier molecular flexibility index (Phi) is 14.0. The van der Waals surface area contributed by atoms with Crippen molar-refractivity contribution in [3.05, 3.63) is 71.9 Å². The SMILES string of the molecule is CSCC[C@H](NC(=O)[C@H](Cc1c[nH]c2ccccc12)NC(=O)[C@H](Cc1ccccc1)NC(=O)[C@@H](N)CO)C(=O)N[C@@H](CO)C(=O)O. The van der Waals surface area contributed by atoms with Gasteiger partial charge in [-0.25, -0.2) is 4.79 Å². The Balaban J connectivity index is 1.92. The summed E-state index contributed by atoms with van der Waals surface area (Å²) in [5.74, 6) is -4.02. The van der Waals surface area contributed by atoms with E-state index in [1.807, 2.05) is 24.3 Å². The van der Waals surface area contributed by atoms with Crippen LogP contribution < -0.4 is 27.0 Å². The molecule has 15 heteroatoms. The number of para-hydroxylation sites is 1. The van der Waals surface area contributed by atoms with Crippen LogP contribution in [-0.4, -0.2) is 105 Å². The number of aromatic nitrogens is 1. The monoisotopic (exact) mass is 656 g/mol. The molecule has 4 amide bonds. The molecule has 0 radical (unpaired) electrons. The van der Waals surface area contributed by atoms with Crippen LogP contribution >= 0.6 is 11.8 Å². The van der Waals surface area contributed by atoms with Gasteiger partial charge in [-0.2, -0.15) is 11.8 Å². The first-order valence-electron chi connectivity index (χ1n) is 14.6. The first-order valence-corrected chi connectivity index (χ1v) is 16.0. The number of carbonyl (C=O) groups excluding carboxylic acids is 4. The van der Waals surface area contributed by atoms with Gasteiger partial charge in [-0.15, -0.1) is 0 Å². The fraction of sp³-hybridized carbons (Fsp3) is 0.387. The second-order valence-electron chi connectivity index (χ2n) is 10.6. The lowest BCUT2D eigenvalue weighted by Crippen LogP contribution is -2.59. The second kappa shape index (κ2) is 17.9. The molecular weight excluding hydrogens is 616 g/mol. The van der Waals surface area contributed by atoms with Gasteiger partial charge in [0.05, 0.1) is 13.2 Å². The Bertz CT molecular complexity index is 1490. The van der Waals surface area contributed by atoms with Crippen molar-refractivity contribution in [1.29, 1.82) is 0 Å². The molecule has 0 bridgehead atoms. The van der Waals surface area contributed by atoms with Gasteiger partial charge < -0.3 is 47.3 Å². The number of H-pyrrole nitrogens is 1. The molecule has 10 N–H and O–H groups in total. The predicted molar refractivity (Wildman–Crippen MR) is 173 cm³/mol. The van der Waals surface area contributed by atoms with E-state index in [1.54, 1.807) is 42.8 Å². The second-order valence-corrected chi connectivity index (χ2v) is 11.6. The molecule has 2 aromatic carbocycles. The van der Waals surface area contributed by atoms with Gasteiger partial charge in [0.15, 0.2) is 0 Å². The number of aromatic amines is 1. The van der Waals surface area contributed by atoms with Crippen molar-refractivity contribution in [3.8, 4) is 0 Å². The number of benzene rings is 2. The van der Waals surface area contributed by atoms with Crippen LogP contribution in [0.5, 0.6) is 0 Å². The third-order valence-electron chi connectivity index (χ3n) is 7.22. The minimum atomic E-state index is -1.57. The van der Waals surface area contributed by atoms with Crippen LogP contribution in [-0.2, 0) is 36.8 Å². The van der Waals surface area contributed by atoms with Crippen molar-refractivity contribution >= 4 is 52.3 Å². The highest BCUT2D eigenvalue weighted by atomic mass is 32.2. The molecule has 0 fully saturated rings. The largest absolute Gasteiger partial charge is 0.480 e. The molecule has 248 valence electrons. The minimum Gasteiger partial charge on any atom is -0.480 e. The summed E-state index contributed by atoms with van der Waals surface area (Å²) in [5.41, 5.74) is 7.89. The Morgan fingerprint density at radius 3 is 1.96 bits per heavy atom. The first-order chi connectivity index (χ1) is 22.1. The lowest BCUT2D eigenvalue weighted by molar-refractivity contribution is -0.143. The average molecular weight is 657 g/mol. The van der Waals surface area contributed by atoms with Gasteiger partial charge >= 0.3 is 5.97 Å². The molecule has 0 aliphatic carbocycles. The third-order valence-corrected chi connectivity index (χ3v) is 7.87. The van der Waals surface area contributed by atoms with E-state index in [0.29, 0.717) is 16.9 Å². The van der Waals surface area contributed by atoms with Crippen LogP contribution in [0, 0.1) is 0 Å². The molecule has 5 atom stereocenters. The van der Waals surface area contributed by atoms with E-state index in [-0.39, 0.29) is 19.3 Å². The zero-order valence-electron chi connectivity index (χ0n) is 25.3. The fourth-order valence-corrected chi connectivity index (χ4v) is 5.13. The molecule has 3 rings (SSSR count). The lowest BCUT2D eigenvalue weighted by atomic mass is 10.0. The van der Waals surface area contributed by atoms with Crippen molar-refractivity contribution < 1.29 is 39.3 Å². The average Bonchev–Trinajstić information content (AvgIpc) is 3.46. The van der Waals surface area contributed by atoms with Gasteiger partial charge in [-0.05, 0) is 35.6 Å². The summed E-state index contributed by atoms with van der Waals surface area (Å²) < 4.78 is 0. The zero-order chi connectivity index (χ0) is 33.6. The Morgan fingerprint density at radius 1 is 0.761 bits per heavy atom. The van der Waals surface area contributed by atoms with Gasteiger partial charge in [-0.3, -0.25) is 19.2 Å². The maximum absolute atomic E-state index is 13.8. The summed E-state index contributed by atoms with van der Waals surface area (Å²) in [6.45, 7) is -1.49. The Hall–Kier alpha value is -4.44. The number of aliphatic carboxylic acids is 1. The van der Waals surface area contributed by atoms with Crippen molar-refractivity contribution in [3.63, 3.8) is 0 Å². The highest BCUT2D eigenvalue weighted by molar-refractivity contribution is 7.98. The lowest BCUT2D eigenvalue weighted by Gasteiger charge is -2.26. The Morgan fingerprint density at radius 2 is 1.33 bits per heavy atom. The van der Waals surface area contributed by atoms with Crippen LogP contribution in [0.4, 0.5) is 0 Å². The maximum atomic E-state index is 13.8. The van der Waals surface area contributed by atoms with Crippen molar-refractivity contribution in [2.75, 3.05) is 25.2 Å². The molecule has 0 saturated carbocycles. The van der Waals surface area contributed by atoms with E-state index in [1.165, 1.54) is 11.8 Å². The topological polar surface area (TPSA) is 236 Å². The number of carbonyl (C=O) groups is 5. The molecule has 1 heterocycles. The van der Waals surface area contributed by atoms with Gasteiger partial charge in [0, 0.05) is 29.9 Å². The van der Waals surface area contributed by atoms with E-state index in [9.17, 15) is 39.3 Å². The number of fused-ring (bicyclic) bond motifs is 1. The summed E-state index contributed by atoms with van der Waals surface area (Å²) in [7, 11) is 0. The molecule has 14 nitrogen and oxygen atoms in total. The smallest absolute Gasteiger partial charge is 0.328 e. The Labute approximate surface area is 269 Å². The number of thioether (sulfide) groups is 1. The van der Waals surface area contributed by atoms with E-state index in [4.69, 9.17) is 5.73 Å². The number of carboxylic acids is 1. The number of rotatable bonds is 18. The van der Waals surface area contributed by atoms with Gasteiger partial charge in [0.25, 0.3) is 0 Å². The summed E-state index contributed by atoms with van der Waals surface area (Å²) >= 11 is 1.41. The van der Waals surface area contributed by atoms with E-state index in [2.05, 4.69) is 26.3 Å². The molecule has 1 aromatic heterocycles. The molecule has 0 unspecified atom stereocenters. The molecule has 0 aliphatic heterocycles. The highest BCUT2D eigenvalue weighted by Crippen LogP contribution is 2.19. The summed E-state index contributed by atoms with van der Waals surface area (Å²) in [6, 6.07) is 9.77. The van der Waals surface area contributed by atoms with Crippen molar-refractivity contribution in [2.45, 2.75) is 49.5 Å². The number of nitrogens with two attached hydrogens (primary N) is 1. The number of aliphatic hydroxyl groups is 2. The fourth-order valence-electron chi connectivity index (χ4n) is 4.66. The minimum absolute atomic E-state index is 0.00496. The van der Waals surface area contributed by atoms with E-state index in [0.717, 1.165) is 10.9 Å². The highest BCUT2D eigenvalue weighted by Gasteiger charge is 2.32. The van der Waals surface area contributed by atoms with Crippen molar-refractivity contribution in [1.82, 2.24) is 26.3 Å². The molecule has 0 spiro atoms. The van der Waals surface area contributed by atoms with Crippen LogP contribution in [0.25, 0.3) is 10.9 Å². The number of nitrogens with one attached hydrogen (secondary N) is 5. The van der Waals surface area contributed by atoms with E-state index >= 15 is 0 Å². The standard InChI is InChI=1S/C31H40N6O8S/c1-46-12-11-23(28(41)37-26(17-39)31(44)45)34-30(43)25(14-19-15-33-22-10-6-5-9-20(19)22)36-29(42)24(35-27(40)21(32)16-38)13-18-7-3-2-4-8-18/h2-10,15,21,23-26,33,38-39H,11-14,16-17,32H2,1H3,(H,34,43)(H,35,40)(H,36,42)(H,37,41)(H,44,45)/t21-,23-,24-,25-,26-/m0/s1. The first kappa shape index (κ1) is 36.0. The number of carboxylic acid groups (broad SMARTS) is 1. The summed E-state index contributed by atoms with van der Waals surface area (Å²) in [6.07, 6.45) is 3.69. The normalized spacial score (nSPS) is 14.3.